The van der Waals surface area contributed by atoms with Gasteiger partial charge in [-0.25, -0.2) is 0 Å². The molecule has 65 heavy (non-hydrogen) atoms. The van der Waals surface area contributed by atoms with Crippen molar-refractivity contribution < 1.29 is 48.3 Å². The van der Waals surface area contributed by atoms with Crippen LogP contribution in [0.4, 0.5) is 0 Å². The van der Waals surface area contributed by atoms with Crippen LogP contribution in [0.25, 0.3) is 0 Å². The molecule has 2 aromatic rings. The van der Waals surface area contributed by atoms with Gasteiger partial charge >= 0.3 is 60.8 Å². The second-order valence-electron chi connectivity index (χ2n) is 17.5. The summed E-state index contributed by atoms with van der Waals surface area (Å²) >= 11 is 0. The first kappa shape index (κ1) is 62.8. The van der Waals surface area contributed by atoms with E-state index in [1.165, 1.54) is 142 Å². The van der Waals surface area contributed by atoms with E-state index >= 15 is 0 Å². The van der Waals surface area contributed by atoms with Gasteiger partial charge in [0.1, 0.15) is 12.2 Å². The van der Waals surface area contributed by atoms with Crippen LogP contribution in [-0.4, -0.2) is 97.2 Å². The Labute approximate surface area is 434 Å². The molecule has 0 saturated carbocycles. The number of ether oxygens (including phenoxy) is 4. The van der Waals surface area contributed by atoms with Crippen molar-refractivity contribution in [2.75, 3.05) is 0 Å². The number of carboxylic acids is 2. The maximum atomic E-state index is 11.5. The molecule has 4 unspecified atom stereocenters. The van der Waals surface area contributed by atoms with Gasteiger partial charge in [-0.2, -0.15) is 0 Å². The first-order valence-corrected chi connectivity index (χ1v) is 25.1. The van der Waals surface area contributed by atoms with Gasteiger partial charge in [0.15, 0.2) is 0 Å². The SMILES string of the molecule is CCCCCCCCCCCCCCC(OCc1ccccc1)C(CC(=O)[O-])OC(C)=O.CCCCCCCCCCCCCCC(OCc1ccccc1)C(CC(=O)[O-])OC(C)=O.[Ba+2]. The van der Waals surface area contributed by atoms with E-state index in [1.54, 1.807) is 0 Å². The molecule has 0 saturated heterocycles. The van der Waals surface area contributed by atoms with Crippen LogP contribution in [0, 0.1) is 0 Å². The number of esters is 2. The summed E-state index contributed by atoms with van der Waals surface area (Å²) in [4.78, 5) is 45.4. The Balaban J connectivity index is 0.00000124. The summed E-state index contributed by atoms with van der Waals surface area (Å²) in [5.74, 6) is -3.47. The molecule has 364 valence electrons. The Morgan fingerprint density at radius 1 is 0.415 bits per heavy atom. The minimum Gasteiger partial charge on any atom is -0.550 e. The number of carboxylic acid groups (broad SMARTS) is 2. The smallest absolute Gasteiger partial charge is 0.550 e. The average Bonchev–Trinajstić information content (AvgIpc) is 3.26. The molecule has 0 bridgehead atoms. The Kier molecular flexibility index (Phi) is 42.8. The van der Waals surface area contributed by atoms with Gasteiger partial charge in [0, 0.05) is 38.6 Å². The Hall–Kier alpha value is -2.19. The van der Waals surface area contributed by atoms with E-state index in [9.17, 15) is 29.4 Å². The molecule has 2 aromatic carbocycles. The third-order valence-electron chi connectivity index (χ3n) is 11.5. The zero-order valence-electron chi connectivity index (χ0n) is 41.1. The molecule has 0 fully saturated rings. The van der Waals surface area contributed by atoms with Crippen molar-refractivity contribution in [2.45, 2.75) is 245 Å². The largest absolute Gasteiger partial charge is 2.00 e. The van der Waals surface area contributed by atoms with Gasteiger partial charge < -0.3 is 38.7 Å². The monoisotopic (exact) mass is 1030 g/mol. The van der Waals surface area contributed by atoms with Crippen LogP contribution in [0.5, 0.6) is 0 Å². The summed E-state index contributed by atoms with van der Waals surface area (Å²) in [7, 11) is 0. The summed E-state index contributed by atoms with van der Waals surface area (Å²) in [6, 6.07) is 19.4. The van der Waals surface area contributed by atoms with E-state index in [2.05, 4.69) is 13.8 Å². The molecule has 0 aromatic heterocycles. The maximum absolute atomic E-state index is 11.5. The fraction of sp³-hybridized carbons (Fsp3) is 0.704. The zero-order chi connectivity index (χ0) is 46.9. The molecule has 0 N–H and O–H groups in total. The standard InChI is InChI=1S/2C27H44O5.Ba/c2*1-3-4-5-6-7-8-9-10-11-12-13-17-20-25(26(21-27(29)30)32-23(2)28)31-22-24-18-15-14-16-19-24;/h2*14-16,18-19,25-26H,3-13,17,20-22H2,1-2H3,(H,29,30);/q;;+2/p-2. The van der Waals surface area contributed by atoms with Gasteiger partial charge in [0.25, 0.3) is 0 Å². The van der Waals surface area contributed by atoms with E-state index < -0.39 is 48.3 Å². The van der Waals surface area contributed by atoms with E-state index in [4.69, 9.17) is 18.9 Å². The quantitative estimate of drug-likeness (QED) is 0.0358. The zero-order valence-corrected chi connectivity index (χ0v) is 45.5. The molecule has 0 amide bonds. The van der Waals surface area contributed by atoms with E-state index in [0.29, 0.717) is 26.1 Å². The van der Waals surface area contributed by atoms with E-state index in [1.807, 2.05) is 60.7 Å². The Morgan fingerprint density at radius 3 is 0.923 bits per heavy atom. The van der Waals surface area contributed by atoms with Crippen molar-refractivity contribution >= 4 is 72.8 Å². The summed E-state index contributed by atoms with van der Waals surface area (Å²) in [6.45, 7) is 7.79. The van der Waals surface area contributed by atoms with Gasteiger partial charge in [-0.15, -0.1) is 0 Å². The predicted octanol–water partition coefficient (Wildman–Crippen LogP) is 11.1. The van der Waals surface area contributed by atoms with Crippen molar-refractivity contribution in [3.8, 4) is 0 Å². The van der Waals surface area contributed by atoms with Crippen LogP contribution < -0.4 is 10.2 Å². The summed E-state index contributed by atoms with van der Waals surface area (Å²) in [6.07, 6.45) is 28.2. The van der Waals surface area contributed by atoms with Crippen LogP contribution in [0.2, 0.25) is 0 Å². The first-order chi connectivity index (χ1) is 31.0. The molecule has 0 radical (unpaired) electrons. The van der Waals surface area contributed by atoms with Crippen LogP contribution >= 0.6 is 0 Å². The Bertz CT molecular complexity index is 1290. The average molecular weight is 1030 g/mol. The molecule has 0 spiro atoms. The molecule has 10 nitrogen and oxygen atoms in total. The molecule has 0 aliphatic rings. The fourth-order valence-electron chi connectivity index (χ4n) is 7.93. The maximum Gasteiger partial charge on any atom is 2.00 e. The van der Waals surface area contributed by atoms with Gasteiger partial charge in [0.2, 0.25) is 0 Å². The molecular weight excluding hydrogens is 946 g/mol. The fourth-order valence-corrected chi connectivity index (χ4v) is 7.93. The number of benzene rings is 2. The molecule has 2 rings (SSSR count). The molecule has 11 heteroatoms. The normalized spacial score (nSPS) is 12.7. The van der Waals surface area contributed by atoms with Crippen LogP contribution in [0.3, 0.4) is 0 Å². The van der Waals surface area contributed by atoms with Gasteiger partial charge in [-0.3, -0.25) is 9.59 Å². The summed E-state index contributed by atoms with van der Waals surface area (Å²) in [5, 5.41) is 22.4. The predicted molar refractivity (Wildman–Crippen MR) is 258 cm³/mol. The minimum atomic E-state index is -1.24. The number of carbonyl (C=O) groups excluding carboxylic acids is 4. The van der Waals surface area contributed by atoms with Crippen molar-refractivity contribution in [1.82, 2.24) is 0 Å². The number of unbranched alkanes of at least 4 members (excludes halogenated alkanes) is 22. The molecular formula is C54H86BaO10. The molecule has 0 aliphatic carbocycles. The minimum absolute atomic E-state index is 0. The van der Waals surface area contributed by atoms with Crippen LogP contribution in [0.15, 0.2) is 60.7 Å². The van der Waals surface area contributed by atoms with Crippen molar-refractivity contribution in [3.05, 3.63) is 71.8 Å². The number of rotatable bonds is 40. The topological polar surface area (TPSA) is 151 Å². The molecule has 0 aliphatic heterocycles. The van der Waals surface area contributed by atoms with Crippen LogP contribution in [-0.2, 0) is 51.3 Å². The van der Waals surface area contributed by atoms with Gasteiger partial charge in [0.05, 0.1) is 25.4 Å². The second-order valence-corrected chi connectivity index (χ2v) is 17.5. The van der Waals surface area contributed by atoms with Crippen molar-refractivity contribution in [1.29, 1.82) is 0 Å². The van der Waals surface area contributed by atoms with Crippen LogP contribution in [0.1, 0.15) is 219 Å². The Morgan fingerprint density at radius 2 is 0.677 bits per heavy atom. The summed E-state index contributed by atoms with van der Waals surface area (Å²) < 4.78 is 22.6. The number of carbonyl (C=O) groups is 4. The van der Waals surface area contributed by atoms with Crippen molar-refractivity contribution in [2.24, 2.45) is 0 Å². The van der Waals surface area contributed by atoms with E-state index in [-0.39, 0.29) is 61.7 Å². The number of hydrogen-bond donors (Lipinski definition) is 0. The number of aliphatic carboxylic acids is 2. The molecule has 4 atom stereocenters. The van der Waals surface area contributed by atoms with E-state index in [0.717, 1.165) is 36.8 Å². The molecule has 0 heterocycles. The third-order valence-corrected chi connectivity index (χ3v) is 11.5. The third kappa shape index (κ3) is 38.5. The van der Waals surface area contributed by atoms with Crippen molar-refractivity contribution in [3.63, 3.8) is 0 Å². The first-order valence-electron chi connectivity index (χ1n) is 25.1. The van der Waals surface area contributed by atoms with Gasteiger partial charge in [-0.05, 0) is 24.0 Å². The summed E-state index contributed by atoms with van der Waals surface area (Å²) in [5.41, 5.74) is 2.00. The van der Waals surface area contributed by atoms with Gasteiger partial charge in [-0.1, -0.05) is 229 Å². The second kappa shape index (κ2) is 44.3. The number of hydrogen-bond acceptors (Lipinski definition) is 10.